The third-order valence-electron chi connectivity index (χ3n) is 4.52. The number of rotatable bonds is 8. The molecule has 0 radical (unpaired) electrons. The summed E-state index contributed by atoms with van der Waals surface area (Å²) in [6.45, 7) is 7.60. The Bertz CT molecular complexity index is 747. The molecule has 156 valence electrons. The SMILES string of the molecule is CC(C)C(N)C(=O)Nc1ccc(Oc2ccc(NC(=O)C(N)C(C)C)cc2)cc1. The fraction of sp³-hybridized carbons (Fsp3) is 0.364. The van der Waals surface area contributed by atoms with E-state index >= 15 is 0 Å². The van der Waals surface area contributed by atoms with Crippen LogP contribution in [0.4, 0.5) is 11.4 Å². The summed E-state index contributed by atoms with van der Waals surface area (Å²) in [4.78, 5) is 24.0. The van der Waals surface area contributed by atoms with Crippen LogP contribution >= 0.6 is 0 Å². The van der Waals surface area contributed by atoms with Crippen molar-refractivity contribution in [3.63, 3.8) is 0 Å². The van der Waals surface area contributed by atoms with Crippen LogP contribution in [0.2, 0.25) is 0 Å². The maximum Gasteiger partial charge on any atom is 0.241 e. The molecule has 2 unspecified atom stereocenters. The molecule has 2 amide bonds. The van der Waals surface area contributed by atoms with Gasteiger partial charge in [-0.25, -0.2) is 0 Å². The van der Waals surface area contributed by atoms with Crippen molar-refractivity contribution < 1.29 is 14.3 Å². The highest BCUT2D eigenvalue weighted by Gasteiger charge is 2.18. The zero-order valence-corrected chi connectivity index (χ0v) is 17.3. The average Bonchev–Trinajstić information content (AvgIpc) is 2.69. The van der Waals surface area contributed by atoms with E-state index < -0.39 is 12.1 Å². The lowest BCUT2D eigenvalue weighted by atomic mass is 10.0. The van der Waals surface area contributed by atoms with Gasteiger partial charge < -0.3 is 26.8 Å². The highest BCUT2D eigenvalue weighted by molar-refractivity contribution is 5.95. The lowest BCUT2D eigenvalue weighted by molar-refractivity contribution is -0.119. The predicted molar refractivity (Wildman–Crippen MR) is 116 cm³/mol. The molecule has 2 rings (SSSR count). The summed E-state index contributed by atoms with van der Waals surface area (Å²) in [5.74, 6) is 0.925. The summed E-state index contributed by atoms with van der Waals surface area (Å²) >= 11 is 0. The second-order valence-electron chi connectivity index (χ2n) is 7.67. The Morgan fingerprint density at radius 3 is 1.28 bits per heavy atom. The Morgan fingerprint density at radius 1 is 0.690 bits per heavy atom. The van der Waals surface area contributed by atoms with Crippen LogP contribution in [0.1, 0.15) is 27.7 Å². The number of hydrogen-bond acceptors (Lipinski definition) is 5. The van der Waals surface area contributed by atoms with Gasteiger partial charge in [-0.15, -0.1) is 0 Å². The molecule has 0 saturated heterocycles. The van der Waals surface area contributed by atoms with Gasteiger partial charge in [-0.2, -0.15) is 0 Å². The van der Waals surface area contributed by atoms with Crippen molar-refractivity contribution in [1.29, 1.82) is 0 Å². The van der Waals surface area contributed by atoms with Crippen molar-refractivity contribution in [3.05, 3.63) is 48.5 Å². The van der Waals surface area contributed by atoms with Gasteiger partial charge in [-0.3, -0.25) is 9.59 Å². The summed E-state index contributed by atoms with van der Waals surface area (Å²) in [5.41, 5.74) is 13.0. The maximum absolute atomic E-state index is 12.0. The van der Waals surface area contributed by atoms with Gasteiger partial charge in [-0.05, 0) is 60.4 Å². The predicted octanol–water partition coefficient (Wildman–Crippen LogP) is 3.32. The number of carbonyl (C=O) groups is 2. The molecule has 0 heterocycles. The molecule has 6 N–H and O–H groups in total. The Labute approximate surface area is 171 Å². The molecule has 0 aliphatic carbocycles. The van der Waals surface area contributed by atoms with Crippen LogP contribution < -0.4 is 26.8 Å². The summed E-state index contributed by atoms with van der Waals surface area (Å²) < 4.78 is 5.79. The van der Waals surface area contributed by atoms with E-state index in [-0.39, 0.29) is 23.7 Å². The third-order valence-corrected chi connectivity index (χ3v) is 4.52. The Morgan fingerprint density at radius 2 is 1.00 bits per heavy atom. The van der Waals surface area contributed by atoms with Gasteiger partial charge in [-0.1, -0.05) is 27.7 Å². The maximum atomic E-state index is 12.0. The largest absolute Gasteiger partial charge is 0.457 e. The van der Waals surface area contributed by atoms with E-state index in [1.165, 1.54) is 0 Å². The molecule has 0 saturated carbocycles. The molecule has 0 aliphatic heterocycles. The molecule has 2 aromatic rings. The summed E-state index contributed by atoms with van der Waals surface area (Å²) in [6.07, 6.45) is 0. The smallest absolute Gasteiger partial charge is 0.241 e. The Kier molecular flexibility index (Phi) is 7.75. The first-order chi connectivity index (χ1) is 13.7. The second kappa shape index (κ2) is 10.0. The summed E-state index contributed by atoms with van der Waals surface area (Å²) in [5, 5.41) is 5.57. The highest BCUT2D eigenvalue weighted by atomic mass is 16.5. The standard InChI is InChI=1S/C22H30N4O3/c1-13(2)19(23)21(27)25-15-5-9-17(10-6-15)29-18-11-7-16(8-12-18)26-22(28)20(24)14(3)4/h5-14,19-20H,23-24H2,1-4H3,(H,25,27)(H,26,28). The molecule has 29 heavy (non-hydrogen) atoms. The van der Waals surface area contributed by atoms with E-state index in [1.54, 1.807) is 48.5 Å². The normalized spacial score (nSPS) is 13.1. The van der Waals surface area contributed by atoms with Gasteiger partial charge in [0.25, 0.3) is 0 Å². The molecule has 0 bridgehead atoms. The topological polar surface area (TPSA) is 119 Å². The van der Waals surface area contributed by atoms with Gasteiger partial charge in [0.2, 0.25) is 11.8 Å². The van der Waals surface area contributed by atoms with Crippen LogP contribution in [0.15, 0.2) is 48.5 Å². The second-order valence-corrected chi connectivity index (χ2v) is 7.67. The van der Waals surface area contributed by atoms with Crippen molar-refractivity contribution in [1.82, 2.24) is 0 Å². The van der Waals surface area contributed by atoms with Gasteiger partial charge in [0, 0.05) is 11.4 Å². The number of nitrogens with two attached hydrogens (primary N) is 2. The molecular weight excluding hydrogens is 368 g/mol. The van der Waals surface area contributed by atoms with Gasteiger partial charge in [0.15, 0.2) is 0 Å². The lowest BCUT2D eigenvalue weighted by Gasteiger charge is -2.16. The summed E-state index contributed by atoms with van der Waals surface area (Å²) in [6, 6.07) is 12.9. The number of benzene rings is 2. The monoisotopic (exact) mass is 398 g/mol. The van der Waals surface area contributed by atoms with E-state index in [4.69, 9.17) is 16.2 Å². The molecular formula is C22H30N4O3. The molecule has 2 atom stereocenters. The van der Waals surface area contributed by atoms with Crippen LogP contribution in [-0.4, -0.2) is 23.9 Å². The van der Waals surface area contributed by atoms with Crippen LogP contribution in [0.25, 0.3) is 0 Å². The first-order valence-corrected chi connectivity index (χ1v) is 9.68. The van der Waals surface area contributed by atoms with E-state index in [2.05, 4.69) is 10.6 Å². The Hall–Kier alpha value is -2.90. The van der Waals surface area contributed by atoms with E-state index in [0.29, 0.717) is 22.9 Å². The van der Waals surface area contributed by atoms with E-state index in [0.717, 1.165) is 0 Å². The minimum atomic E-state index is -0.556. The molecule has 0 fully saturated rings. The van der Waals surface area contributed by atoms with Crippen LogP contribution in [0.3, 0.4) is 0 Å². The summed E-state index contributed by atoms with van der Waals surface area (Å²) in [7, 11) is 0. The number of hydrogen-bond donors (Lipinski definition) is 4. The fourth-order valence-electron chi connectivity index (χ4n) is 2.41. The average molecular weight is 399 g/mol. The van der Waals surface area contributed by atoms with E-state index in [1.807, 2.05) is 27.7 Å². The number of anilines is 2. The number of amides is 2. The molecule has 7 heteroatoms. The third kappa shape index (κ3) is 6.58. The lowest BCUT2D eigenvalue weighted by Crippen LogP contribution is -2.39. The van der Waals surface area contributed by atoms with Crippen molar-refractivity contribution in [2.75, 3.05) is 10.6 Å². The molecule has 0 aromatic heterocycles. The van der Waals surface area contributed by atoms with Crippen molar-refractivity contribution in [2.24, 2.45) is 23.3 Å². The quantitative estimate of drug-likeness (QED) is 0.544. The Balaban J connectivity index is 1.93. The molecule has 0 aliphatic rings. The highest BCUT2D eigenvalue weighted by Crippen LogP contribution is 2.24. The van der Waals surface area contributed by atoms with Crippen molar-refractivity contribution in [3.8, 4) is 11.5 Å². The minimum Gasteiger partial charge on any atom is -0.457 e. The van der Waals surface area contributed by atoms with Gasteiger partial charge in [0.1, 0.15) is 11.5 Å². The van der Waals surface area contributed by atoms with Crippen LogP contribution in [0.5, 0.6) is 11.5 Å². The molecule has 2 aromatic carbocycles. The van der Waals surface area contributed by atoms with Gasteiger partial charge in [0.05, 0.1) is 12.1 Å². The minimum absolute atomic E-state index is 0.0615. The zero-order valence-electron chi connectivity index (χ0n) is 17.3. The molecule has 0 spiro atoms. The number of carbonyl (C=O) groups excluding carboxylic acids is 2. The van der Waals surface area contributed by atoms with Crippen molar-refractivity contribution >= 4 is 23.2 Å². The number of nitrogens with one attached hydrogen (secondary N) is 2. The molecule has 7 nitrogen and oxygen atoms in total. The first-order valence-electron chi connectivity index (χ1n) is 9.68. The first kappa shape index (κ1) is 22.4. The zero-order chi connectivity index (χ0) is 21.6. The van der Waals surface area contributed by atoms with Gasteiger partial charge >= 0.3 is 0 Å². The van der Waals surface area contributed by atoms with E-state index in [9.17, 15) is 9.59 Å². The number of ether oxygens (including phenoxy) is 1. The van der Waals surface area contributed by atoms with Crippen LogP contribution in [0, 0.1) is 11.8 Å². The van der Waals surface area contributed by atoms with Crippen molar-refractivity contribution in [2.45, 2.75) is 39.8 Å². The fourth-order valence-corrected chi connectivity index (χ4v) is 2.41. The van der Waals surface area contributed by atoms with Crippen LogP contribution in [-0.2, 0) is 9.59 Å².